The van der Waals surface area contributed by atoms with Crippen LogP contribution in [0.25, 0.3) is 0 Å². The van der Waals surface area contributed by atoms with E-state index in [1.807, 2.05) is 0 Å². The molecule has 0 fully saturated rings. The Labute approximate surface area is 136 Å². The minimum Gasteiger partial charge on any atom is -0.323 e. The van der Waals surface area contributed by atoms with Crippen LogP contribution in [0.5, 0.6) is 0 Å². The summed E-state index contributed by atoms with van der Waals surface area (Å²) in [5.41, 5.74) is 5.43. The number of hydrogen-bond acceptors (Lipinski definition) is 5. The van der Waals surface area contributed by atoms with Crippen molar-refractivity contribution in [1.82, 2.24) is 4.72 Å². The van der Waals surface area contributed by atoms with Crippen LogP contribution in [-0.4, -0.2) is 19.9 Å². The molecule has 2 aromatic rings. The first-order valence-corrected chi connectivity index (χ1v) is 8.13. The van der Waals surface area contributed by atoms with E-state index in [0.717, 1.165) is 36.4 Å². The number of nitrogens with one attached hydrogen (secondary N) is 1. The third kappa shape index (κ3) is 4.10. The number of nitro groups is 1. The summed E-state index contributed by atoms with van der Waals surface area (Å²) in [5, 5.41) is 10.6. The molecule has 2 aromatic carbocycles. The molecule has 0 saturated carbocycles. The van der Waals surface area contributed by atoms with Gasteiger partial charge in [-0.2, -0.15) is 0 Å². The highest BCUT2D eigenvalue weighted by Gasteiger charge is 2.19. The van der Waals surface area contributed by atoms with E-state index in [0.29, 0.717) is 6.07 Å². The highest BCUT2D eigenvalue weighted by atomic mass is 32.2. The maximum Gasteiger partial charge on any atom is 0.269 e. The fraction of sp³-hybridized carbons (Fsp3) is 0.143. The van der Waals surface area contributed by atoms with E-state index in [4.69, 9.17) is 5.73 Å². The van der Waals surface area contributed by atoms with Crippen molar-refractivity contribution in [2.75, 3.05) is 6.54 Å². The molecule has 0 aliphatic heterocycles. The standard InChI is InChI=1S/C14H13F2N3O4S/c15-9-1-6-12(13(16)7-9)14(17)8-18-24(22,23)11-4-2-10(3-5-11)19(20)21/h1-7,14,18H,8,17H2/t14-/m0/s1. The second-order valence-corrected chi connectivity index (χ2v) is 6.64. The van der Waals surface area contributed by atoms with Crippen LogP contribution in [0.4, 0.5) is 14.5 Å². The first kappa shape index (κ1) is 17.9. The molecule has 7 nitrogen and oxygen atoms in total. The van der Waals surface area contributed by atoms with Crippen molar-refractivity contribution in [1.29, 1.82) is 0 Å². The van der Waals surface area contributed by atoms with Gasteiger partial charge in [-0.05, 0) is 18.2 Å². The Morgan fingerprint density at radius 1 is 1.17 bits per heavy atom. The molecule has 0 aliphatic rings. The molecule has 0 amide bonds. The predicted octanol–water partition coefficient (Wildman–Crippen LogP) is 1.85. The third-order valence-corrected chi connectivity index (χ3v) is 4.65. The predicted molar refractivity (Wildman–Crippen MR) is 81.6 cm³/mol. The molecule has 0 aromatic heterocycles. The van der Waals surface area contributed by atoms with Crippen molar-refractivity contribution < 1.29 is 22.1 Å². The molecule has 0 unspecified atom stereocenters. The average molecular weight is 357 g/mol. The Bertz CT molecular complexity index is 857. The van der Waals surface area contributed by atoms with Crippen molar-refractivity contribution in [2.45, 2.75) is 10.9 Å². The van der Waals surface area contributed by atoms with Gasteiger partial charge in [-0.25, -0.2) is 21.9 Å². The Morgan fingerprint density at radius 2 is 1.79 bits per heavy atom. The maximum atomic E-state index is 13.6. The van der Waals surface area contributed by atoms with Crippen molar-refractivity contribution >= 4 is 15.7 Å². The molecule has 24 heavy (non-hydrogen) atoms. The second kappa shape index (κ2) is 6.99. The van der Waals surface area contributed by atoms with Gasteiger partial charge in [-0.15, -0.1) is 0 Å². The van der Waals surface area contributed by atoms with Crippen LogP contribution in [0.15, 0.2) is 47.4 Å². The molecule has 2 rings (SSSR count). The molecule has 10 heteroatoms. The largest absolute Gasteiger partial charge is 0.323 e. The van der Waals surface area contributed by atoms with Gasteiger partial charge >= 0.3 is 0 Å². The monoisotopic (exact) mass is 357 g/mol. The first-order chi connectivity index (χ1) is 11.2. The average Bonchev–Trinajstić information content (AvgIpc) is 2.53. The SMILES string of the molecule is N[C@@H](CNS(=O)(=O)c1ccc([N+](=O)[O-])cc1)c1ccc(F)cc1F. The summed E-state index contributed by atoms with van der Waals surface area (Å²) in [6.45, 7) is -0.331. The van der Waals surface area contributed by atoms with Gasteiger partial charge in [0.25, 0.3) is 5.69 Å². The summed E-state index contributed by atoms with van der Waals surface area (Å²) in [6, 6.07) is 6.02. The van der Waals surface area contributed by atoms with Gasteiger partial charge in [0, 0.05) is 36.3 Å². The lowest BCUT2D eigenvalue weighted by molar-refractivity contribution is -0.384. The quantitative estimate of drug-likeness (QED) is 0.605. The molecular weight excluding hydrogens is 344 g/mol. The molecule has 128 valence electrons. The smallest absolute Gasteiger partial charge is 0.269 e. The van der Waals surface area contributed by atoms with Crippen molar-refractivity contribution in [3.63, 3.8) is 0 Å². The Balaban J connectivity index is 2.10. The maximum absolute atomic E-state index is 13.6. The number of benzene rings is 2. The van der Waals surface area contributed by atoms with E-state index in [9.17, 15) is 27.3 Å². The number of hydrogen-bond donors (Lipinski definition) is 2. The lowest BCUT2D eigenvalue weighted by Gasteiger charge is -2.14. The summed E-state index contributed by atoms with van der Waals surface area (Å²) in [7, 11) is -3.98. The lowest BCUT2D eigenvalue weighted by atomic mass is 10.1. The number of nitrogens with zero attached hydrogens (tertiary/aromatic N) is 1. The number of halogens is 2. The van der Waals surface area contributed by atoms with Crippen LogP contribution < -0.4 is 10.5 Å². The number of sulfonamides is 1. The number of nitrogens with two attached hydrogens (primary N) is 1. The van der Waals surface area contributed by atoms with E-state index in [1.54, 1.807) is 0 Å². The highest BCUT2D eigenvalue weighted by Crippen LogP contribution is 2.18. The molecule has 0 aliphatic carbocycles. The zero-order chi connectivity index (χ0) is 17.9. The van der Waals surface area contributed by atoms with E-state index in [1.165, 1.54) is 0 Å². The Morgan fingerprint density at radius 3 is 2.33 bits per heavy atom. The van der Waals surface area contributed by atoms with Gasteiger partial charge in [-0.1, -0.05) is 6.07 Å². The van der Waals surface area contributed by atoms with Crippen LogP contribution in [0.2, 0.25) is 0 Å². The minimum absolute atomic E-state index is 0.0391. The van der Waals surface area contributed by atoms with E-state index in [-0.39, 0.29) is 22.7 Å². The minimum atomic E-state index is -3.98. The Kier molecular flexibility index (Phi) is 5.22. The fourth-order valence-electron chi connectivity index (χ4n) is 1.94. The van der Waals surface area contributed by atoms with Crippen molar-refractivity contribution in [3.8, 4) is 0 Å². The van der Waals surface area contributed by atoms with E-state index in [2.05, 4.69) is 4.72 Å². The van der Waals surface area contributed by atoms with E-state index < -0.39 is 32.6 Å². The molecule has 0 saturated heterocycles. The second-order valence-electron chi connectivity index (χ2n) is 4.88. The summed E-state index contributed by atoms with van der Waals surface area (Å²) in [4.78, 5) is 9.70. The van der Waals surface area contributed by atoms with Gasteiger partial charge in [0.15, 0.2) is 0 Å². The summed E-state index contributed by atoms with van der Waals surface area (Å²) in [5.74, 6) is -1.65. The number of nitro benzene ring substituents is 1. The van der Waals surface area contributed by atoms with Crippen LogP contribution in [0, 0.1) is 21.7 Å². The number of rotatable bonds is 6. The van der Waals surface area contributed by atoms with Gasteiger partial charge < -0.3 is 5.73 Å². The third-order valence-electron chi connectivity index (χ3n) is 3.21. The van der Waals surface area contributed by atoms with Gasteiger partial charge in [-0.3, -0.25) is 10.1 Å². The molecule has 3 N–H and O–H groups in total. The highest BCUT2D eigenvalue weighted by molar-refractivity contribution is 7.89. The van der Waals surface area contributed by atoms with E-state index >= 15 is 0 Å². The summed E-state index contributed by atoms with van der Waals surface area (Å²) < 4.78 is 52.8. The molecule has 0 heterocycles. The fourth-order valence-corrected chi connectivity index (χ4v) is 3.00. The zero-order valence-electron chi connectivity index (χ0n) is 12.1. The molecule has 1 atom stereocenters. The first-order valence-electron chi connectivity index (χ1n) is 6.65. The molecule has 0 spiro atoms. The van der Waals surface area contributed by atoms with Crippen molar-refractivity contribution in [3.05, 3.63) is 69.8 Å². The normalized spacial score (nSPS) is 12.8. The summed E-state index contributed by atoms with van der Waals surface area (Å²) >= 11 is 0. The van der Waals surface area contributed by atoms with Gasteiger partial charge in [0.05, 0.1) is 9.82 Å². The van der Waals surface area contributed by atoms with Crippen LogP contribution in [-0.2, 0) is 10.0 Å². The van der Waals surface area contributed by atoms with Gasteiger partial charge in [0.1, 0.15) is 11.6 Å². The molecule has 0 radical (unpaired) electrons. The Hall–Kier alpha value is -2.43. The lowest BCUT2D eigenvalue weighted by Crippen LogP contribution is -2.32. The van der Waals surface area contributed by atoms with Crippen LogP contribution in [0.1, 0.15) is 11.6 Å². The molecular formula is C14H13F2N3O4S. The zero-order valence-corrected chi connectivity index (χ0v) is 13.0. The summed E-state index contributed by atoms with van der Waals surface area (Å²) in [6.07, 6.45) is 0. The topological polar surface area (TPSA) is 115 Å². The van der Waals surface area contributed by atoms with Gasteiger partial charge in [0.2, 0.25) is 10.0 Å². The van der Waals surface area contributed by atoms with Crippen LogP contribution >= 0.6 is 0 Å². The molecule has 0 bridgehead atoms. The van der Waals surface area contributed by atoms with Crippen molar-refractivity contribution in [2.24, 2.45) is 5.73 Å². The number of non-ortho nitro benzene ring substituents is 1. The van der Waals surface area contributed by atoms with Crippen LogP contribution in [0.3, 0.4) is 0 Å².